The maximum Gasteiger partial charge on any atom is 0.246 e. The molecule has 1 aromatic rings. The summed E-state index contributed by atoms with van der Waals surface area (Å²) in [4.78, 5) is 34.9. The lowest BCUT2D eigenvalue weighted by molar-refractivity contribution is -0.145. The van der Waals surface area contributed by atoms with Gasteiger partial charge in [-0.15, -0.1) is 11.8 Å². The average Bonchev–Trinajstić information content (AvgIpc) is 3.42. The Morgan fingerprint density at radius 2 is 2.10 bits per heavy atom. The molecule has 9 nitrogen and oxygen atoms in total. The lowest BCUT2D eigenvalue weighted by Crippen LogP contribution is -2.75. The zero-order chi connectivity index (χ0) is 29.4. The van der Waals surface area contributed by atoms with Crippen molar-refractivity contribution in [2.75, 3.05) is 39.8 Å². The number of hydrogen-bond donors (Lipinski definition) is 2. The van der Waals surface area contributed by atoms with Crippen LogP contribution in [0.4, 0.5) is 0 Å². The van der Waals surface area contributed by atoms with Crippen LogP contribution in [0, 0.1) is 24.2 Å². The van der Waals surface area contributed by atoms with E-state index in [2.05, 4.69) is 65.3 Å². The van der Waals surface area contributed by atoms with Crippen LogP contribution in [0.25, 0.3) is 0 Å². The molecule has 0 aromatic heterocycles. The van der Waals surface area contributed by atoms with Crippen LogP contribution in [0.3, 0.4) is 0 Å². The summed E-state index contributed by atoms with van der Waals surface area (Å²) >= 11 is 1.80. The number of nitriles is 1. The van der Waals surface area contributed by atoms with Gasteiger partial charge in [0.25, 0.3) is 0 Å². The third-order valence-corrected chi connectivity index (χ3v) is 12.1. The van der Waals surface area contributed by atoms with Gasteiger partial charge in [0, 0.05) is 36.5 Å². The summed E-state index contributed by atoms with van der Waals surface area (Å²) in [6, 6.07) is 8.59. The highest BCUT2D eigenvalue weighted by atomic mass is 32.2. The Labute approximate surface area is 254 Å². The standard InChI is InChI=1S/C32H44N6O3S/c1-4-26(39)38-18-17-37(19-23(38)12-15-33)30-25-11-14-32(13-10-22-8-5-7-21(2)28(22)42-32)29(40)27(25)34-31(35-30)41-20-24-9-6-16-36(24)3/h4-5,7-8,23-25,27,30-31,34-35H,1,6,9-14,16-20H2,2-3H3/t23?,24?,25?,27?,30?,31?,32-/m1/s1. The molecule has 7 atom stereocenters. The van der Waals surface area contributed by atoms with Crippen LogP contribution in [0.15, 0.2) is 35.7 Å². The lowest BCUT2D eigenvalue weighted by Gasteiger charge is -2.55. The van der Waals surface area contributed by atoms with Crippen molar-refractivity contribution in [3.8, 4) is 6.07 Å². The SMILES string of the molecule is C=CC(=O)N1CCN(C2NC(OCC3CCCN3C)NC3C(=O)[C@@]4(CCc5cccc(C)c5S4)CCC32)CC1CC#N. The molecule has 0 bridgehead atoms. The number of fused-ring (bicyclic) bond motifs is 2. The van der Waals surface area contributed by atoms with E-state index in [4.69, 9.17) is 4.74 Å². The summed E-state index contributed by atoms with van der Waals surface area (Å²) in [6.07, 6.45) is 6.91. The Hall–Kier alpha value is -2.26. The first-order chi connectivity index (χ1) is 20.3. The molecule has 1 amide bonds. The molecule has 3 saturated heterocycles. The second kappa shape index (κ2) is 12.4. The summed E-state index contributed by atoms with van der Waals surface area (Å²) in [6.45, 7) is 9.27. The second-order valence-corrected chi connectivity index (χ2v) is 14.1. The van der Waals surface area contributed by atoms with Gasteiger partial charge in [-0.25, -0.2) is 0 Å². The molecule has 42 heavy (non-hydrogen) atoms. The first-order valence-electron chi connectivity index (χ1n) is 15.5. The zero-order valence-corrected chi connectivity index (χ0v) is 25.7. The fraction of sp³-hybridized carbons (Fsp3) is 0.656. The van der Waals surface area contributed by atoms with Gasteiger partial charge in [-0.3, -0.25) is 25.1 Å². The summed E-state index contributed by atoms with van der Waals surface area (Å²) in [5.74, 6) is 0.234. The highest BCUT2D eigenvalue weighted by molar-refractivity contribution is 8.01. The fourth-order valence-electron chi connectivity index (χ4n) is 7.87. The molecule has 6 unspecified atom stereocenters. The quantitative estimate of drug-likeness (QED) is 0.483. The minimum absolute atomic E-state index is 0.0698. The van der Waals surface area contributed by atoms with E-state index >= 15 is 0 Å². The molecule has 4 aliphatic heterocycles. The number of likely N-dealkylation sites (tertiary alicyclic amines) is 1. The van der Waals surface area contributed by atoms with E-state index in [0.717, 1.165) is 38.6 Å². The number of thioether (sulfide) groups is 1. The van der Waals surface area contributed by atoms with E-state index in [1.54, 1.807) is 16.7 Å². The normalized spacial score (nSPS) is 35.5. The molecule has 0 radical (unpaired) electrons. The van der Waals surface area contributed by atoms with Crippen LogP contribution < -0.4 is 10.6 Å². The molecule has 4 heterocycles. The van der Waals surface area contributed by atoms with Crippen molar-refractivity contribution in [1.29, 1.82) is 5.26 Å². The minimum atomic E-state index is -0.450. The van der Waals surface area contributed by atoms with Gasteiger partial charge in [0.2, 0.25) is 5.91 Å². The van der Waals surface area contributed by atoms with E-state index in [9.17, 15) is 14.9 Å². The Bertz CT molecular complexity index is 1250. The molecular formula is C32H44N6O3S. The Balaban J connectivity index is 1.25. The highest BCUT2D eigenvalue weighted by Gasteiger charge is 2.55. The van der Waals surface area contributed by atoms with Gasteiger partial charge >= 0.3 is 0 Å². The van der Waals surface area contributed by atoms with E-state index < -0.39 is 11.1 Å². The number of nitrogens with zero attached hydrogens (tertiary/aromatic N) is 4. The summed E-state index contributed by atoms with van der Waals surface area (Å²) in [7, 11) is 2.15. The molecule has 10 heteroatoms. The largest absolute Gasteiger partial charge is 0.348 e. The number of amides is 1. The number of piperazine rings is 1. The van der Waals surface area contributed by atoms with Crippen LogP contribution in [-0.4, -0.2) is 102 Å². The topological polar surface area (TPSA) is 101 Å². The van der Waals surface area contributed by atoms with E-state index in [0.29, 0.717) is 38.1 Å². The number of ketones is 1. The van der Waals surface area contributed by atoms with Crippen molar-refractivity contribution in [2.24, 2.45) is 5.92 Å². The summed E-state index contributed by atoms with van der Waals surface area (Å²) in [5, 5.41) is 16.9. The van der Waals surface area contributed by atoms with Crippen LogP contribution in [0.1, 0.15) is 49.7 Å². The molecule has 1 spiro atoms. The molecule has 1 saturated carbocycles. The number of hydrogen-bond acceptors (Lipinski definition) is 9. The van der Waals surface area contributed by atoms with Gasteiger partial charge in [-0.2, -0.15) is 5.26 Å². The Kier molecular flexibility index (Phi) is 8.79. The van der Waals surface area contributed by atoms with Crippen molar-refractivity contribution in [3.05, 3.63) is 42.0 Å². The highest BCUT2D eigenvalue weighted by Crippen LogP contribution is 2.52. The van der Waals surface area contributed by atoms with Crippen LogP contribution in [-0.2, 0) is 20.7 Å². The lowest BCUT2D eigenvalue weighted by atomic mass is 9.72. The molecule has 6 rings (SSSR count). The summed E-state index contributed by atoms with van der Waals surface area (Å²) < 4.78 is 6.05. The molecule has 226 valence electrons. The maximum absolute atomic E-state index is 14.6. The van der Waals surface area contributed by atoms with Crippen molar-refractivity contribution in [3.63, 3.8) is 0 Å². The van der Waals surface area contributed by atoms with Crippen molar-refractivity contribution >= 4 is 23.5 Å². The number of carbonyl (C=O) groups excluding carboxylic acids is 2. The number of carbonyl (C=O) groups is 2. The molecule has 1 aliphatic carbocycles. The van der Waals surface area contributed by atoms with Gasteiger partial charge in [0.15, 0.2) is 12.1 Å². The average molecular weight is 593 g/mol. The van der Waals surface area contributed by atoms with E-state index in [1.165, 1.54) is 28.5 Å². The third-order valence-electron chi connectivity index (χ3n) is 10.3. The number of likely N-dealkylation sites (N-methyl/N-ethyl adjacent to an activating group) is 1. The van der Waals surface area contributed by atoms with E-state index in [-0.39, 0.29) is 36.5 Å². The summed E-state index contributed by atoms with van der Waals surface area (Å²) in [5.41, 5.74) is 2.61. The predicted molar refractivity (Wildman–Crippen MR) is 163 cm³/mol. The van der Waals surface area contributed by atoms with Crippen LogP contribution in [0.5, 0.6) is 0 Å². The molecule has 4 fully saturated rings. The van der Waals surface area contributed by atoms with Crippen molar-refractivity contribution in [2.45, 2.75) is 92.2 Å². The van der Waals surface area contributed by atoms with Gasteiger partial charge in [0.05, 0.1) is 42.1 Å². The van der Waals surface area contributed by atoms with Gasteiger partial charge < -0.3 is 14.5 Å². The second-order valence-electron chi connectivity index (χ2n) is 12.7. The van der Waals surface area contributed by atoms with Crippen molar-refractivity contribution < 1.29 is 14.3 Å². The smallest absolute Gasteiger partial charge is 0.246 e. The van der Waals surface area contributed by atoms with E-state index in [1.807, 2.05) is 0 Å². The van der Waals surface area contributed by atoms with Crippen LogP contribution in [0.2, 0.25) is 0 Å². The van der Waals surface area contributed by atoms with Gasteiger partial charge in [-0.05, 0) is 76.2 Å². The fourth-order valence-corrected chi connectivity index (χ4v) is 9.45. The number of Topliss-reactive ketones (excluding diaryl/α,β-unsaturated/α-hetero) is 1. The molecule has 1 aromatic carbocycles. The minimum Gasteiger partial charge on any atom is -0.348 e. The first kappa shape index (κ1) is 29.8. The monoisotopic (exact) mass is 592 g/mol. The van der Waals surface area contributed by atoms with Crippen molar-refractivity contribution in [1.82, 2.24) is 25.3 Å². The Morgan fingerprint density at radius 1 is 1.24 bits per heavy atom. The molecule has 2 N–H and O–H groups in total. The number of benzene rings is 1. The predicted octanol–water partition coefficient (Wildman–Crippen LogP) is 2.65. The Morgan fingerprint density at radius 3 is 2.86 bits per heavy atom. The van der Waals surface area contributed by atoms with Gasteiger partial charge in [-0.1, -0.05) is 24.8 Å². The molecule has 5 aliphatic rings. The molecular weight excluding hydrogens is 548 g/mol. The third kappa shape index (κ3) is 5.56. The number of aryl methyl sites for hydroxylation is 2. The maximum atomic E-state index is 14.6. The van der Waals surface area contributed by atoms with Crippen LogP contribution >= 0.6 is 11.8 Å². The number of rotatable bonds is 6. The number of ether oxygens (including phenoxy) is 1. The first-order valence-corrected chi connectivity index (χ1v) is 16.3. The van der Waals surface area contributed by atoms with Gasteiger partial charge in [0.1, 0.15) is 0 Å². The number of nitrogens with one attached hydrogen (secondary N) is 2. The zero-order valence-electron chi connectivity index (χ0n) is 24.9.